The Morgan fingerprint density at radius 1 is 1.11 bits per heavy atom. The molecule has 0 bridgehead atoms. The molecule has 3 rings (SSSR count). The van der Waals surface area contributed by atoms with E-state index in [2.05, 4.69) is 53.2 Å². The first-order valence-electron chi connectivity index (χ1n) is 10.9. The highest BCUT2D eigenvalue weighted by Crippen LogP contribution is 2.23. The number of hydrogen-bond acceptors (Lipinski definition) is 4. The lowest BCUT2D eigenvalue weighted by Crippen LogP contribution is -2.22. The summed E-state index contributed by atoms with van der Waals surface area (Å²) in [5.74, 6) is 0. The molecule has 4 nitrogen and oxygen atoms in total. The topological polar surface area (TPSA) is 40.0 Å². The molecule has 0 aromatic heterocycles. The van der Waals surface area contributed by atoms with E-state index in [0.29, 0.717) is 6.04 Å². The first kappa shape index (κ1) is 23.2. The van der Waals surface area contributed by atoms with Crippen LogP contribution in [-0.2, 0) is 0 Å². The fraction of sp³-hybridized carbons (Fsp3) is 0.333. The number of benzene rings is 2. The predicted molar refractivity (Wildman–Crippen MR) is 130 cm³/mol. The summed E-state index contributed by atoms with van der Waals surface area (Å²) in [5.41, 5.74) is 6.28. The van der Waals surface area contributed by atoms with E-state index in [1.165, 1.54) is 26.2 Å². The second kappa shape index (κ2) is 16.3. The van der Waals surface area contributed by atoms with E-state index in [0.717, 1.165) is 12.1 Å². The molecular weight excluding hydrogens is 344 g/mol. The van der Waals surface area contributed by atoms with Crippen LogP contribution in [0.25, 0.3) is 0 Å². The Hall–Kier alpha value is -2.88. The van der Waals surface area contributed by atoms with Gasteiger partial charge >= 0.3 is 0 Å². The van der Waals surface area contributed by atoms with Gasteiger partial charge in [0.15, 0.2) is 0 Å². The molecule has 2 aromatic rings. The number of hydrazone groups is 2. The lowest BCUT2D eigenvalue weighted by molar-refractivity contribution is 0.724. The molecule has 4 heteroatoms. The van der Waals surface area contributed by atoms with E-state index < -0.39 is 0 Å². The molecule has 0 fully saturated rings. The zero-order chi connectivity index (χ0) is 23.2. The largest absolute Gasteiger partial charge is 0.279 e. The van der Waals surface area contributed by atoms with E-state index in [9.17, 15) is 0 Å². The third kappa shape index (κ3) is 10.3. The summed E-state index contributed by atoms with van der Waals surface area (Å²) in [7, 11) is 2.50. The average Bonchev–Trinajstić information content (AvgIpc) is 3.15. The van der Waals surface area contributed by atoms with Gasteiger partial charge in [0.25, 0.3) is 0 Å². The van der Waals surface area contributed by atoms with Gasteiger partial charge in [0.1, 0.15) is 0 Å². The molecule has 1 aliphatic heterocycles. The second-order valence-electron chi connectivity index (χ2n) is 5.84. The number of para-hydroxylation sites is 2. The molecule has 1 N–H and O–H groups in total. The van der Waals surface area contributed by atoms with Crippen molar-refractivity contribution in [1.29, 1.82) is 0 Å². The van der Waals surface area contributed by atoms with Gasteiger partial charge in [0, 0.05) is 21.1 Å². The van der Waals surface area contributed by atoms with Crippen molar-refractivity contribution in [3.05, 3.63) is 73.3 Å². The van der Waals surface area contributed by atoms with Crippen LogP contribution in [0.4, 0.5) is 11.4 Å². The van der Waals surface area contributed by atoms with Crippen LogP contribution in [0.5, 0.6) is 0 Å². The van der Waals surface area contributed by atoms with Crippen molar-refractivity contribution in [2.75, 3.05) is 10.4 Å². The zero-order valence-electron chi connectivity index (χ0n) is 20.3. The highest BCUT2D eigenvalue weighted by molar-refractivity contribution is 5.86. The van der Waals surface area contributed by atoms with Crippen LogP contribution in [0.15, 0.2) is 83.5 Å². The van der Waals surface area contributed by atoms with Crippen LogP contribution < -0.4 is 10.4 Å². The molecule has 0 aliphatic carbocycles. The maximum absolute atomic E-state index is 5.75. The Kier molecular flexibility index (Phi) is 13.5. The van der Waals surface area contributed by atoms with E-state index >= 15 is 0 Å². The lowest BCUT2D eigenvalue weighted by Gasteiger charge is -2.19. The summed E-state index contributed by atoms with van der Waals surface area (Å²) in [6.07, 6.45) is 4.54. The molecule has 1 atom stereocenters. The fourth-order valence-corrected chi connectivity index (χ4v) is 2.38. The lowest BCUT2D eigenvalue weighted by atomic mass is 10.2. The molecule has 0 saturated heterocycles. The van der Waals surface area contributed by atoms with Gasteiger partial charge in [-0.05, 0) is 52.0 Å². The molecule has 154 valence electrons. The van der Waals surface area contributed by atoms with E-state index in [4.69, 9.17) is 2.74 Å². The van der Waals surface area contributed by atoms with Gasteiger partial charge in [0.2, 0.25) is 0 Å². The molecule has 1 heterocycles. The first-order chi connectivity index (χ1) is 14.6. The minimum Gasteiger partial charge on any atom is -0.279 e. The van der Waals surface area contributed by atoms with E-state index in [1.807, 2.05) is 62.4 Å². The molecule has 0 amide bonds. The van der Waals surface area contributed by atoms with E-state index in [1.54, 1.807) is 12.3 Å². The number of rotatable bonds is 3. The summed E-state index contributed by atoms with van der Waals surface area (Å²) in [5, 5.41) is 10.4. The summed E-state index contributed by atoms with van der Waals surface area (Å²) in [6.45, 7) is 11.4. The molecule has 0 saturated carbocycles. The van der Waals surface area contributed by atoms with Crippen molar-refractivity contribution < 1.29 is 2.74 Å². The van der Waals surface area contributed by atoms with Crippen molar-refractivity contribution in [1.82, 2.24) is 0 Å². The Balaban J connectivity index is 0. The van der Waals surface area contributed by atoms with Crippen molar-refractivity contribution in [2.24, 2.45) is 10.2 Å². The zero-order valence-corrected chi connectivity index (χ0v) is 18.3. The smallest absolute Gasteiger partial charge is 0.0597 e. The van der Waals surface area contributed by atoms with Gasteiger partial charge in [-0.3, -0.25) is 10.4 Å². The van der Waals surface area contributed by atoms with Gasteiger partial charge in [-0.15, -0.1) is 6.58 Å². The first-order valence-corrected chi connectivity index (χ1v) is 8.86. The van der Waals surface area contributed by atoms with Crippen LogP contribution in [0.2, 0.25) is 0 Å². The number of nitrogens with one attached hydrogen (secondary N) is 1. The van der Waals surface area contributed by atoms with Crippen LogP contribution in [-0.4, -0.2) is 18.0 Å². The molecule has 2 aromatic carbocycles. The predicted octanol–water partition coefficient (Wildman–Crippen LogP) is 7.23. The SMILES string of the molecule is C=CC.CC1=NN(c2ccccc2)C(C)C1.CC=NNc1ccccc1.[2H]C.[2H]C. The number of nitrogens with zero attached hydrogens (tertiary/aromatic N) is 3. The standard InChI is InChI=1S/C11H14N2.C8H10N2.C3H6.2CH4/c1-9-8-10(2)13(12-9)11-6-4-3-5-7-11;1-2-9-10-8-6-4-3-5-7-8;1-3-2;;/h3-7,10H,8H2,1-2H3;2-7,10H,1H3;3H,1H2,2H3;2*1H4/i;;;2*1D. The maximum atomic E-state index is 5.75. The summed E-state index contributed by atoms with van der Waals surface area (Å²) in [6, 6.07) is 20.7. The third-order valence-corrected chi connectivity index (χ3v) is 3.40. The second-order valence-corrected chi connectivity index (χ2v) is 5.84. The Morgan fingerprint density at radius 2 is 1.61 bits per heavy atom. The highest BCUT2D eigenvalue weighted by atomic mass is 15.5. The number of anilines is 2. The Bertz CT molecular complexity index is 689. The highest BCUT2D eigenvalue weighted by Gasteiger charge is 2.20. The van der Waals surface area contributed by atoms with Crippen LogP contribution >= 0.6 is 0 Å². The Morgan fingerprint density at radius 3 is 2.04 bits per heavy atom. The van der Waals surface area contributed by atoms with Crippen molar-refractivity contribution >= 4 is 23.3 Å². The quantitative estimate of drug-likeness (QED) is 0.344. The molecular formula is C24H38N4. The van der Waals surface area contributed by atoms with Crippen molar-refractivity contribution in [3.8, 4) is 0 Å². The van der Waals surface area contributed by atoms with Crippen LogP contribution in [0.1, 0.15) is 51.7 Å². The molecule has 28 heavy (non-hydrogen) atoms. The summed E-state index contributed by atoms with van der Waals surface area (Å²) >= 11 is 0. The van der Waals surface area contributed by atoms with Gasteiger partial charge in [-0.2, -0.15) is 10.2 Å². The minimum absolute atomic E-state index is 0.502. The van der Waals surface area contributed by atoms with E-state index in [-0.39, 0.29) is 0 Å². The van der Waals surface area contributed by atoms with Gasteiger partial charge in [-0.1, -0.05) is 57.3 Å². The molecule has 1 aliphatic rings. The Labute approximate surface area is 175 Å². The number of allylic oxidation sites excluding steroid dienone is 1. The van der Waals surface area contributed by atoms with Crippen LogP contribution in [0.3, 0.4) is 0 Å². The molecule has 0 radical (unpaired) electrons. The summed E-state index contributed by atoms with van der Waals surface area (Å²) in [4.78, 5) is 0. The third-order valence-electron chi connectivity index (χ3n) is 3.40. The van der Waals surface area contributed by atoms with Crippen molar-refractivity contribution in [3.63, 3.8) is 0 Å². The monoisotopic (exact) mass is 384 g/mol. The average molecular weight is 385 g/mol. The van der Waals surface area contributed by atoms with Crippen molar-refractivity contribution in [2.45, 2.75) is 55.0 Å². The minimum atomic E-state index is 0.502. The summed E-state index contributed by atoms with van der Waals surface area (Å²) < 4.78 is 11.5. The van der Waals surface area contributed by atoms with Crippen LogP contribution in [0, 0.1) is 0 Å². The fourth-order valence-electron chi connectivity index (χ4n) is 2.38. The maximum Gasteiger partial charge on any atom is 0.0597 e. The molecule has 0 spiro atoms. The molecule has 1 unspecified atom stereocenters. The number of hydrogen-bond donors (Lipinski definition) is 1. The normalized spacial score (nSPS) is 14.7. The van der Waals surface area contributed by atoms with Gasteiger partial charge in [0.05, 0.1) is 17.4 Å². The van der Waals surface area contributed by atoms with Gasteiger partial charge < -0.3 is 0 Å². The van der Waals surface area contributed by atoms with Gasteiger partial charge in [-0.25, -0.2) is 0 Å².